The van der Waals surface area contributed by atoms with Gasteiger partial charge in [0, 0.05) is 13.1 Å². The topological polar surface area (TPSA) is 60.9 Å². The second-order valence-corrected chi connectivity index (χ2v) is 3.48. The number of carbonyl (C=O) groups is 2. The molecule has 5 heteroatoms. The van der Waals surface area contributed by atoms with Crippen LogP contribution in [0, 0.1) is 12.3 Å². The van der Waals surface area contributed by atoms with Gasteiger partial charge < -0.3 is 10.0 Å². The highest BCUT2D eigenvalue weighted by Crippen LogP contribution is 2.06. The molecule has 0 aliphatic carbocycles. The van der Waals surface area contributed by atoms with Crippen LogP contribution >= 0.6 is 0 Å². The first-order chi connectivity index (χ1) is 7.13. The molecule has 0 spiro atoms. The summed E-state index contributed by atoms with van der Waals surface area (Å²) in [6, 6.07) is 0. The van der Waals surface area contributed by atoms with Gasteiger partial charge in [-0.25, -0.2) is 0 Å². The van der Waals surface area contributed by atoms with Crippen molar-refractivity contribution in [2.24, 2.45) is 0 Å². The maximum atomic E-state index is 11.5. The van der Waals surface area contributed by atoms with E-state index in [4.69, 9.17) is 11.5 Å². The van der Waals surface area contributed by atoms with E-state index in [2.05, 4.69) is 5.92 Å². The number of carbonyl (C=O) groups excluding carboxylic acids is 1. The van der Waals surface area contributed by atoms with E-state index >= 15 is 0 Å². The van der Waals surface area contributed by atoms with E-state index in [-0.39, 0.29) is 25.5 Å². The molecule has 0 atom stereocenters. The molecule has 0 bridgehead atoms. The molecule has 1 saturated heterocycles. The Kier molecular flexibility index (Phi) is 4.13. The van der Waals surface area contributed by atoms with Crippen LogP contribution in [0.15, 0.2) is 0 Å². The number of hydrogen-bond acceptors (Lipinski definition) is 3. The number of terminal acetylenes is 1. The minimum atomic E-state index is -0.971. The van der Waals surface area contributed by atoms with Crippen LogP contribution in [0.5, 0.6) is 0 Å². The normalized spacial score (nSPS) is 14.5. The zero-order valence-corrected chi connectivity index (χ0v) is 8.48. The molecule has 0 unspecified atom stereocenters. The van der Waals surface area contributed by atoms with Crippen molar-refractivity contribution in [3.8, 4) is 12.3 Å². The van der Waals surface area contributed by atoms with Crippen molar-refractivity contribution in [2.45, 2.75) is 6.42 Å². The van der Waals surface area contributed by atoms with Crippen LogP contribution in [-0.4, -0.2) is 59.5 Å². The summed E-state index contributed by atoms with van der Waals surface area (Å²) >= 11 is 0. The molecule has 1 fully saturated rings. The molecule has 82 valence electrons. The Morgan fingerprint density at radius 1 is 1.40 bits per heavy atom. The van der Waals surface area contributed by atoms with Gasteiger partial charge in [-0.3, -0.25) is 14.5 Å². The predicted molar refractivity (Wildman–Crippen MR) is 54.1 cm³/mol. The third-order valence-electron chi connectivity index (χ3n) is 2.24. The number of aliphatic carboxylic acids is 1. The van der Waals surface area contributed by atoms with Crippen LogP contribution in [0.4, 0.5) is 0 Å². The standard InChI is InChI=1S/C10H14N2O3/c1-2-4-11(8-10(14)15)7-9(13)12-5-3-6-12/h1H,3-8H2,(H,14,15). The first kappa shape index (κ1) is 11.5. The molecular weight excluding hydrogens is 196 g/mol. The maximum Gasteiger partial charge on any atom is 0.317 e. The largest absolute Gasteiger partial charge is 0.480 e. The highest BCUT2D eigenvalue weighted by Gasteiger charge is 2.22. The molecule has 5 nitrogen and oxygen atoms in total. The molecule has 1 N–H and O–H groups in total. The van der Waals surface area contributed by atoms with Crippen molar-refractivity contribution in [3.63, 3.8) is 0 Å². The van der Waals surface area contributed by atoms with Crippen molar-refractivity contribution >= 4 is 11.9 Å². The van der Waals surface area contributed by atoms with Crippen LogP contribution in [-0.2, 0) is 9.59 Å². The van der Waals surface area contributed by atoms with Gasteiger partial charge in [-0.2, -0.15) is 0 Å². The number of amides is 1. The third-order valence-corrected chi connectivity index (χ3v) is 2.24. The third kappa shape index (κ3) is 3.60. The van der Waals surface area contributed by atoms with E-state index in [0.29, 0.717) is 0 Å². The average Bonchev–Trinajstić information content (AvgIpc) is 1.98. The summed E-state index contributed by atoms with van der Waals surface area (Å²) in [5.74, 6) is 1.33. The van der Waals surface area contributed by atoms with Crippen molar-refractivity contribution in [2.75, 3.05) is 32.7 Å². The molecule has 1 amide bonds. The van der Waals surface area contributed by atoms with Crippen molar-refractivity contribution in [1.29, 1.82) is 0 Å². The van der Waals surface area contributed by atoms with E-state index in [0.717, 1.165) is 19.5 Å². The molecule has 0 aromatic rings. The van der Waals surface area contributed by atoms with Gasteiger partial charge in [0.15, 0.2) is 0 Å². The lowest BCUT2D eigenvalue weighted by atomic mass is 10.2. The van der Waals surface area contributed by atoms with E-state index in [1.165, 1.54) is 4.90 Å². The Labute approximate surface area is 88.7 Å². The van der Waals surface area contributed by atoms with E-state index in [9.17, 15) is 9.59 Å². The summed E-state index contributed by atoms with van der Waals surface area (Å²) in [4.78, 5) is 25.1. The lowest BCUT2D eigenvalue weighted by molar-refractivity contribution is -0.140. The van der Waals surface area contributed by atoms with Crippen molar-refractivity contribution in [1.82, 2.24) is 9.80 Å². The van der Waals surface area contributed by atoms with E-state index < -0.39 is 5.97 Å². The number of carboxylic acids is 1. The summed E-state index contributed by atoms with van der Waals surface area (Å²) in [6.07, 6.45) is 6.12. The molecule has 1 rings (SSSR count). The van der Waals surface area contributed by atoms with Gasteiger partial charge in [-0.1, -0.05) is 5.92 Å². The fourth-order valence-electron chi connectivity index (χ4n) is 1.35. The van der Waals surface area contributed by atoms with Crippen LogP contribution < -0.4 is 0 Å². The highest BCUT2D eigenvalue weighted by molar-refractivity contribution is 5.79. The second-order valence-electron chi connectivity index (χ2n) is 3.48. The fourth-order valence-corrected chi connectivity index (χ4v) is 1.35. The zero-order chi connectivity index (χ0) is 11.3. The van der Waals surface area contributed by atoms with E-state index in [1.807, 2.05) is 0 Å². The Morgan fingerprint density at radius 3 is 2.47 bits per heavy atom. The Hall–Kier alpha value is -1.54. The number of carboxylic acid groups (broad SMARTS) is 1. The predicted octanol–water partition coefficient (Wildman–Crippen LogP) is -0.761. The fraction of sp³-hybridized carbons (Fsp3) is 0.600. The van der Waals surface area contributed by atoms with E-state index in [1.54, 1.807) is 4.90 Å². The van der Waals surface area contributed by atoms with Crippen molar-refractivity contribution in [3.05, 3.63) is 0 Å². The second kappa shape index (κ2) is 5.37. The minimum absolute atomic E-state index is 0.0437. The lowest BCUT2D eigenvalue weighted by Crippen LogP contribution is -2.48. The van der Waals surface area contributed by atoms with Gasteiger partial charge in [0.05, 0.1) is 19.6 Å². The van der Waals surface area contributed by atoms with Gasteiger partial charge >= 0.3 is 5.97 Å². The van der Waals surface area contributed by atoms with Gasteiger partial charge in [-0.15, -0.1) is 6.42 Å². The van der Waals surface area contributed by atoms with Crippen LogP contribution in [0.1, 0.15) is 6.42 Å². The van der Waals surface area contributed by atoms with Crippen molar-refractivity contribution < 1.29 is 14.7 Å². The lowest BCUT2D eigenvalue weighted by Gasteiger charge is -2.32. The van der Waals surface area contributed by atoms with Gasteiger partial charge in [0.25, 0.3) is 0 Å². The summed E-state index contributed by atoms with van der Waals surface area (Å²) in [5.41, 5.74) is 0. The number of rotatable bonds is 5. The average molecular weight is 210 g/mol. The molecule has 0 aromatic carbocycles. The summed E-state index contributed by atoms with van der Waals surface area (Å²) < 4.78 is 0. The number of likely N-dealkylation sites (tertiary alicyclic amines) is 1. The Bertz CT molecular complexity index is 292. The Balaban J connectivity index is 2.39. The smallest absolute Gasteiger partial charge is 0.317 e. The van der Waals surface area contributed by atoms with Crippen LogP contribution in [0.25, 0.3) is 0 Å². The number of nitrogens with zero attached hydrogens (tertiary/aromatic N) is 2. The molecule has 1 aliphatic heterocycles. The molecule has 0 saturated carbocycles. The zero-order valence-electron chi connectivity index (χ0n) is 8.48. The summed E-state index contributed by atoms with van der Waals surface area (Å²) in [5, 5.41) is 8.60. The van der Waals surface area contributed by atoms with Crippen LogP contribution in [0.2, 0.25) is 0 Å². The van der Waals surface area contributed by atoms with Gasteiger partial charge in [0.1, 0.15) is 0 Å². The molecule has 1 aliphatic rings. The first-order valence-electron chi connectivity index (χ1n) is 4.79. The van der Waals surface area contributed by atoms with Crippen LogP contribution in [0.3, 0.4) is 0 Å². The minimum Gasteiger partial charge on any atom is -0.480 e. The molecule has 1 heterocycles. The van der Waals surface area contributed by atoms with Gasteiger partial charge in [-0.05, 0) is 6.42 Å². The first-order valence-corrected chi connectivity index (χ1v) is 4.79. The summed E-state index contributed by atoms with van der Waals surface area (Å²) in [6.45, 7) is 1.64. The monoisotopic (exact) mass is 210 g/mol. The molecule has 0 aromatic heterocycles. The SMILES string of the molecule is C#CCN(CC(=O)O)CC(=O)N1CCC1. The highest BCUT2D eigenvalue weighted by atomic mass is 16.4. The van der Waals surface area contributed by atoms with Gasteiger partial charge in [0.2, 0.25) is 5.91 Å². The Morgan fingerprint density at radius 2 is 2.07 bits per heavy atom. The molecule has 0 radical (unpaired) electrons. The maximum absolute atomic E-state index is 11.5. The molecule has 15 heavy (non-hydrogen) atoms. The quantitative estimate of drug-likeness (QED) is 0.606. The number of hydrogen-bond donors (Lipinski definition) is 1. The molecular formula is C10H14N2O3. The summed E-state index contributed by atoms with van der Waals surface area (Å²) in [7, 11) is 0.